The quantitative estimate of drug-likeness (QED) is 0.535. The summed E-state index contributed by atoms with van der Waals surface area (Å²) in [6.45, 7) is 2.22. The minimum absolute atomic E-state index is 0.660. The van der Waals surface area contributed by atoms with Crippen molar-refractivity contribution >= 4 is 30.9 Å². The molecule has 0 aliphatic rings. The van der Waals surface area contributed by atoms with E-state index in [2.05, 4.69) is 34.8 Å². The van der Waals surface area contributed by atoms with Crippen molar-refractivity contribution in [2.75, 3.05) is 0 Å². The number of unbranched alkanes of at least 4 members (excludes halogenated alkanes) is 2. The first-order valence-corrected chi connectivity index (χ1v) is 6.57. The Morgan fingerprint density at radius 3 is 2.78 bits per heavy atom. The molecule has 0 fully saturated rings. The van der Waals surface area contributed by atoms with Crippen LogP contribution in [0.4, 0.5) is 0 Å². The molecule has 54 valence electrons. The van der Waals surface area contributed by atoms with Crippen molar-refractivity contribution in [3.8, 4) is 0 Å². The molecule has 0 aromatic carbocycles. The summed E-state index contributed by atoms with van der Waals surface area (Å²) in [7, 11) is 0. The first-order chi connectivity index (χ1) is 4.31. The molecule has 0 rings (SSSR count). The van der Waals surface area contributed by atoms with Crippen molar-refractivity contribution in [1.29, 1.82) is 0 Å². The van der Waals surface area contributed by atoms with Crippen molar-refractivity contribution in [3.05, 3.63) is 9.46 Å². The second-order valence-electron chi connectivity index (χ2n) is 1.85. The van der Waals surface area contributed by atoms with Crippen LogP contribution >= 0.6 is 15.9 Å². The SMILES string of the molecule is CCCC/C=C(\Br)[Se]C. The molecule has 0 N–H and O–H groups in total. The van der Waals surface area contributed by atoms with Crippen LogP contribution in [0.3, 0.4) is 0 Å². The zero-order valence-corrected chi connectivity index (χ0v) is 9.28. The van der Waals surface area contributed by atoms with E-state index in [0.717, 1.165) is 0 Å². The van der Waals surface area contributed by atoms with E-state index in [-0.39, 0.29) is 0 Å². The van der Waals surface area contributed by atoms with Gasteiger partial charge < -0.3 is 0 Å². The van der Waals surface area contributed by atoms with E-state index in [9.17, 15) is 0 Å². The Labute approximate surface area is 72.4 Å². The molecular formula is C7H13BrSe. The summed E-state index contributed by atoms with van der Waals surface area (Å²) in [6.07, 6.45) is 6.16. The third kappa shape index (κ3) is 6.63. The maximum absolute atomic E-state index is 3.50. The van der Waals surface area contributed by atoms with Crippen molar-refractivity contribution in [1.82, 2.24) is 0 Å². The van der Waals surface area contributed by atoms with Crippen molar-refractivity contribution < 1.29 is 0 Å². The molecule has 0 atom stereocenters. The molecule has 0 amide bonds. The van der Waals surface area contributed by atoms with Gasteiger partial charge in [0, 0.05) is 0 Å². The van der Waals surface area contributed by atoms with Gasteiger partial charge in [0.2, 0.25) is 0 Å². The third-order valence-electron chi connectivity index (χ3n) is 1.06. The van der Waals surface area contributed by atoms with Gasteiger partial charge in [-0.05, 0) is 0 Å². The van der Waals surface area contributed by atoms with Crippen LogP contribution < -0.4 is 0 Å². The molecule has 0 radical (unpaired) electrons. The van der Waals surface area contributed by atoms with Gasteiger partial charge in [-0.2, -0.15) is 0 Å². The fourth-order valence-corrected chi connectivity index (χ4v) is 1.33. The molecule has 0 aliphatic heterocycles. The Hall–Kier alpha value is 0.739. The van der Waals surface area contributed by atoms with E-state index in [0.29, 0.717) is 15.0 Å². The van der Waals surface area contributed by atoms with Gasteiger partial charge in [-0.25, -0.2) is 0 Å². The zero-order valence-electron chi connectivity index (χ0n) is 5.98. The van der Waals surface area contributed by atoms with Crippen LogP contribution in [0.2, 0.25) is 5.82 Å². The fourth-order valence-electron chi connectivity index (χ4n) is 0.503. The van der Waals surface area contributed by atoms with E-state index in [1.165, 1.54) is 22.6 Å². The van der Waals surface area contributed by atoms with Gasteiger partial charge in [-0.15, -0.1) is 0 Å². The normalized spacial score (nSPS) is 12.1. The summed E-state index contributed by atoms with van der Waals surface area (Å²) in [4.78, 5) is 0. The van der Waals surface area contributed by atoms with Gasteiger partial charge in [-0.3, -0.25) is 0 Å². The van der Waals surface area contributed by atoms with Gasteiger partial charge in [-0.1, -0.05) is 0 Å². The standard InChI is InChI=1S/C7H13BrSe/c1-3-4-5-6-7(8)9-2/h6H,3-5H2,1-2H3/b7-6+. The second-order valence-corrected chi connectivity index (χ2v) is 5.67. The van der Waals surface area contributed by atoms with Gasteiger partial charge in [0.15, 0.2) is 0 Å². The van der Waals surface area contributed by atoms with Crippen LogP contribution in [0.5, 0.6) is 0 Å². The van der Waals surface area contributed by atoms with E-state index in [1.54, 1.807) is 0 Å². The number of hydrogen-bond donors (Lipinski definition) is 0. The topological polar surface area (TPSA) is 0 Å². The summed E-state index contributed by atoms with van der Waals surface area (Å²) in [5.74, 6) is 2.22. The van der Waals surface area contributed by atoms with Crippen LogP contribution in [0.15, 0.2) is 9.46 Å². The van der Waals surface area contributed by atoms with Crippen molar-refractivity contribution in [2.45, 2.75) is 32.0 Å². The predicted molar refractivity (Wildman–Crippen MR) is 48.2 cm³/mol. The van der Waals surface area contributed by atoms with Gasteiger partial charge in [0.1, 0.15) is 0 Å². The van der Waals surface area contributed by atoms with Crippen LogP contribution in [-0.2, 0) is 0 Å². The summed E-state index contributed by atoms with van der Waals surface area (Å²) < 4.78 is 1.41. The molecule has 0 heterocycles. The molecule has 0 saturated heterocycles. The first-order valence-electron chi connectivity index (χ1n) is 3.21. The molecule has 0 spiro atoms. The fraction of sp³-hybridized carbons (Fsp3) is 0.714. The summed E-state index contributed by atoms with van der Waals surface area (Å²) in [5.41, 5.74) is 0. The Morgan fingerprint density at radius 2 is 2.33 bits per heavy atom. The molecule has 0 aromatic rings. The molecule has 9 heavy (non-hydrogen) atoms. The van der Waals surface area contributed by atoms with Crippen LogP contribution in [0, 0.1) is 0 Å². The number of rotatable bonds is 4. The molecule has 0 saturated carbocycles. The van der Waals surface area contributed by atoms with Crippen molar-refractivity contribution in [2.24, 2.45) is 0 Å². The molecule has 0 nitrogen and oxygen atoms in total. The van der Waals surface area contributed by atoms with Gasteiger partial charge in [0.25, 0.3) is 0 Å². The Morgan fingerprint density at radius 1 is 1.67 bits per heavy atom. The molecule has 0 bridgehead atoms. The number of allylic oxidation sites excluding steroid dienone is 1. The monoisotopic (exact) mass is 256 g/mol. The summed E-state index contributed by atoms with van der Waals surface area (Å²) in [5, 5.41) is 0. The van der Waals surface area contributed by atoms with E-state index in [4.69, 9.17) is 0 Å². The molecular weight excluding hydrogens is 243 g/mol. The second kappa shape index (κ2) is 6.85. The Kier molecular flexibility index (Phi) is 7.42. The van der Waals surface area contributed by atoms with Crippen molar-refractivity contribution in [3.63, 3.8) is 0 Å². The zero-order chi connectivity index (χ0) is 7.11. The Bertz CT molecular complexity index is 88.9. The molecule has 0 aromatic heterocycles. The molecule has 2 heteroatoms. The molecule has 0 unspecified atom stereocenters. The third-order valence-corrected chi connectivity index (χ3v) is 4.23. The maximum atomic E-state index is 3.50. The van der Waals surface area contributed by atoms with Gasteiger partial charge in [0.05, 0.1) is 0 Å². The average molecular weight is 256 g/mol. The Balaban J connectivity index is 3.21. The van der Waals surface area contributed by atoms with E-state index >= 15 is 0 Å². The summed E-state index contributed by atoms with van der Waals surface area (Å²) in [6, 6.07) is 0. The first kappa shape index (κ1) is 9.74. The summed E-state index contributed by atoms with van der Waals surface area (Å²) >= 11 is 4.16. The average Bonchev–Trinajstić information content (AvgIpc) is 1.89. The minimum atomic E-state index is 0.660. The van der Waals surface area contributed by atoms with E-state index in [1.807, 2.05) is 0 Å². The predicted octanol–water partition coefficient (Wildman–Crippen LogP) is 3.17. The number of hydrogen-bond acceptors (Lipinski definition) is 0. The van der Waals surface area contributed by atoms with Crippen LogP contribution in [0.25, 0.3) is 0 Å². The van der Waals surface area contributed by atoms with Crippen LogP contribution in [0.1, 0.15) is 26.2 Å². The van der Waals surface area contributed by atoms with Gasteiger partial charge >= 0.3 is 72.4 Å². The van der Waals surface area contributed by atoms with Crippen LogP contribution in [-0.4, -0.2) is 15.0 Å². The molecule has 0 aliphatic carbocycles. The number of halogens is 1. The van der Waals surface area contributed by atoms with E-state index < -0.39 is 0 Å².